The number of ether oxygens (including phenoxy) is 2. The van der Waals surface area contributed by atoms with Gasteiger partial charge in [0, 0.05) is 13.5 Å². The van der Waals surface area contributed by atoms with Gasteiger partial charge >= 0.3 is 5.97 Å². The van der Waals surface area contributed by atoms with Gasteiger partial charge in [0.25, 0.3) is 0 Å². The highest BCUT2D eigenvalue weighted by molar-refractivity contribution is 5.69. The van der Waals surface area contributed by atoms with Crippen LogP contribution < -0.4 is 0 Å². The molecular weight excluding hydrogens is 384 g/mol. The Labute approximate surface area is 191 Å². The van der Waals surface area contributed by atoms with Gasteiger partial charge < -0.3 is 9.47 Å². The van der Waals surface area contributed by atoms with E-state index in [-0.39, 0.29) is 5.97 Å². The molecule has 0 radical (unpaired) electrons. The molecule has 4 saturated carbocycles. The van der Waals surface area contributed by atoms with E-state index in [0.29, 0.717) is 29.3 Å². The molecule has 4 aliphatic rings. The van der Waals surface area contributed by atoms with E-state index in [1.807, 2.05) is 7.11 Å². The molecule has 31 heavy (non-hydrogen) atoms. The molecule has 0 aromatic rings. The fourth-order valence-corrected chi connectivity index (χ4v) is 9.76. The Kier molecular flexibility index (Phi) is 6.84. The van der Waals surface area contributed by atoms with Gasteiger partial charge in [0.2, 0.25) is 0 Å². The standard InChI is InChI=1S/C28H48O3/c1-7-19-16-21-23-10-9-22(18(2)8-11-26(29)31-6)27(23,3)15-13-24(21)28(4)14-12-20(30-5)17-25(19)28/h18-25H,7-17H2,1-6H3/t18-,19+,20-,21?,22-,23?,24?,25?,27-,28?/m1/s1. The second kappa shape index (κ2) is 8.99. The lowest BCUT2D eigenvalue weighted by Crippen LogP contribution is -2.56. The van der Waals surface area contributed by atoms with Crippen molar-refractivity contribution >= 4 is 5.97 Å². The molecular formula is C28H48O3. The fourth-order valence-electron chi connectivity index (χ4n) is 9.76. The van der Waals surface area contributed by atoms with Gasteiger partial charge in [0.05, 0.1) is 13.2 Å². The van der Waals surface area contributed by atoms with Crippen LogP contribution >= 0.6 is 0 Å². The Bertz CT molecular complexity index is 646. The van der Waals surface area contributed by atoms with Gasteiger partial charge in [-0.25, -0.2) is 0 Å². The highest BCUT2D eigenvalue weighted by Crippen LogP contribution is 2.69. The molecule has 5 unspecified atom stereocenters. The number of carbonyl (C=O) groups is 1. The van der Waals surface area contributed by atoms with Gasteiger partial charge in [-0.1, -0.05) is 34.1 Å². The van der Waals surface area contributed by atoms with Crippen molar-refractivity contribution in [3.63, 3.8) is 0 Å². The van der Waals surface area contributed by atoms with E-state index in [1.165, 1.54) is 64.9 Å². The first-order valence-corrected chi connectivity index (χ1v) is 13.4. The molecule has 0 aliphatic heterocycles. The van der Waals surface area contributed by atoms with Crippen LogP contribution in [0.2, 0.25) is 0 Å². The number of hydrogen-bond acceptors (Lipinski definition) is 3. The average molecular weight is 433 g/mol. The monoisotopic (exact) mass is 432 g/mol. The topological polar surface area (TPSA) is 35.5 Å². The van der Waals surface area contributed by atoms with E-state index >= 15 is 0 Å². The molecule has 0 N–H and O–H groups in total. The van der Waals surface area contributed by atoms with Crippen LogP contribution in [0.1, 0.15) is 98.3 Å². The minimum absolute atomic E-state index is 0.0426. The van der Waals surface area contributed by atoms with Crippen LogP contribution in [-0.4, -0.2) is 26.3 Å². The molecule has 0 heterocycles. The minimum atomic E-state index is -0.0426. The van der Waals surface area contributed by atoms with Crippen LogP contribution in [0, 0.1) is 52.3 Å². The maximum absolute atomic E-state index is 11.7. The predicted octanol–water partition coefficient (Wildman–Crippen LogP) is 6.89. The van der Waals surface area contributed by atoms with Gasteiger partial charge in [-0.2, -0.15) is 0 Å². The summed E-state index contributed by atoms with van der Waals surface area (Å²) in [5, 5.41) is 0. The van der Waals surface area contributed by atoms with Gasteiger partial charge in [0.1, 0.15) is 0 Å². The Balaban J connectivity index is 1.53. The number of esters is 1. The van der Waals surface area contributed by atoms with Crippen LogP contribution in [0.4, 0.5) is 0 Å². The summed E-state index contributed by atoms with van der Waals surface area (Å²) in [5.41, 5.74) is 0.996. The highest BCUT2D eigenvalue weighted by Gasteiger charge is 2.62. The van der Waals surface area contributed by atoms with E-state index in [4.69, 9.17) is 9.47 Å². The summed E-state index contributed by atoms with van der Waals surface area (Å²) >= 11 is 0. The highest BCUT2D eigenvalue weighted by atomic mass is 16.5. The lowest BCUT2D eigenvalue weighted by atomic mass is 9.42. The summed E-state index contributed by atoms with van der Waals surface area (Å²) in [7, 11) is 3.44. The Morgan fingerprint density at radius 2 is 1.68 bits per heavy atom. The maximum Gasteiger partial charge on any atom is 0.305 e. The van der Waals surface area contributed by atoms with E-state index in [0.717, 1.165) is 41.9 Å². The van der Waals surface area contributed by atoms with Crippen LogP contribution in [-0.2, 0) is 14.3 Å². The quantitative estimate of drug-likeness (QED) is 0.429. The molecule has 4 aliphatic carbocycles. The largest absolute Gasteiger partial charge is 0.469 e. The molecule has 3 heteroatoms. The zero-order chi connectivity index (χ0) is 22.4. The smallest absolute Gasteiger partial charge is 0.305 e. The first-order chi connectivity index (χ1) is 14.8. The summed E-state index contributed by atoms with van der Waals surface area (Å²) < 4.78 is 10.8. The predicted molar refractivity (Wildman–Crippen MR) is 126 cm³/mol. The summed E-state index contributed by atoms with van der Waals surface area (Å²) in [6.45, 7) is 10.2. The number of fused-ring (bicyclic) bond motifs is 5. The number of rotatable bonds is 6. The second-order valence-corrected chi connectivity index (χ2v) is 12.3. The van der Waals surface area contributed by atoms with Crippen LogP contribution in [0.15, 0.2) is 0 Å². The maximum atomic E-state index is 11.7. The van der Waals surface area contributed by atoms with E-state index < -0.39 is 0 Å². The summed E-state index contributed by atoms with van der Waals surface area (Å²) in [6, 6.07) is 0. The molecule has 3 nitrogen and oxygen atoms in total. The van der Waals surface area contributed by atoms with Gasteiger partial charge in [-0.15, -0.1) is 0 Å². The van der Waals surface area contributed by atoms with Crippen LogP contribution in [0.3, 0.4) is 0 Å². The van der Waals surface area contributed by atoms with Crippen LogP contribution in [0.5, 0.6) is 0 Å². The van der Waals surface area contributed by atoms with Crippen molar-refractivity contribution in [2.45, 2.75) is 104 Å². The first-order valence-electron chi connectivity index (χ1n) is 13.4. The molecule has 0 saturated heterocycles. The SMILES string of the molecule is CC[C@H]1CC2C(CC[C@@]3(C)C2CC[C@@H]3[C@H](C)CCC(=O)OC)C2(C)CC[C@@H](OC)CC12. The van der Waals surface area contributed by atoms with Crippen LogP contribution in [0.25, 0.3) is 0 Å². The van der Waals surface area contributed by atoms with Crippen molar-refractivity contribution in [2.75, 3.05) is 14.2 Å². The third kappa shape index (κ3) is 3.89. The molecule has 0 bridgehead atoms. The van der Waals surface area contributed by atoms with Crippen molar-refractivity contribution in [2.24, 2.45) is 52.3 Å². The van der Waals surface area contributed by atoms with Crippen molar-refractivity contribution in [3.05, 3.63) is 0 Å². The number of hydrogen-bond donors (Lipinski definition) is 0. The van der Waals surface area contributed by atoms with Crippen molar-refractivity contribution < 1.29 is 14.3 Å². The van der Waals surface area contributed by atoms with Crippen molar-refractivity contribution in [1.82, 2.24) is 0 Å². The van der Waals surface area contributed by atoms with E-state index in [9.17, 15) is 4.79 Å². The first kappa shape index (κ1) is 23.6. The van der Waals surface area contributed by atoms with Gasteiger partial charge in [-0.05, 0) is 110 Å². The Hall–Kier alpha value is -0.570. The van der Waals surface area contributed by atoms with Gasteiger partial charge in [0.15, 0.2) is 0 Å². The molecule has 0 spiro atoms. The number of methoxy groups -OCH3 is 2. The number of carbonyl (C=O) groups excluding carboxylic acids is 1. The summed E-state index contributed by atoms with van der Waals surface area (Å²) in [6.07, 6.45) is 14.4. The molecule has 0 aromatic heterocycles. The lowest BCUT2D eigenvalue weighted by molar-refractivity contribution is -0.156. The fraction of sp³-hybridized carbons (Fsp3) is 0.964. The normalized spacial score (nSPS) is 47.7. The third-order valence-electron chi connectivity index (χ3n) is 11.4. The van der Waals surface area contributed by atoms with Crippen molar-refractivity contribution in [1.29, 1.82) is 0 Å². The molecule has 178 valence electrons. The second-order valence-electron chi connectivity index (χ2n) is 12.3. The Morgan fingerprint density at radius 1 is 0.968 bits per heavy atom. The third-order valence-corrected chi connectivity index (χ3v) is 11.4. The van der Waals surface area contributed by atoms with E-state index in [1.54, 1.807) is 0 Å². The molecule has 4 fully saturated rings. The molecule has 0 amide bonds. The van der Waals surface area contributed by atoms with Gasteiger partial charge in [-0.3, -0.25) is 4.79 Å². The van der Waals surface area contributed by atoms with E-state index in [2.05, 4.69) is 27.7 Å². The average Bonchev–Trinajstić information content (AvgIpc) is 3.13. The molecule has 10 atom stereocenters. The summed E-state index contributed by atoms with van der Waals surface area (Å²) in [5.74, 6) is 5.82. The van der Waals surface area contributed by atoms with Crippen molar-refractivity contribution in [3.8, 4) is 0 Å². The zero-order valence-electron chi connectivity index (χ0n) is 21.1. The molecule has 4 rings (SSSR count). The molecule has 0 aromatic carbocycles. The lowest BCUT2D eigenvalue weighted by Gasteiger charge is -2.63. The zero-order valence-corrected chi connectivity index (χ0v) is 21.1. The Morgan fingerprint density at radius 3 is 2.35 bits per heavy atom. The summed E-state index contributed by atoms with van der Waals surface area (Å²) in [4.78, 5) is 11.7. The minimum Gasteiger partial charge on any atom is -0.469 e.